The Labute approximate surface area is 108 Å². The number of guanidine groups is 1. The van der Waals surface area contributed by atoms with E-state index in [0.717, 1.165) is 37.4 Å². The summed E-state index contributed by atoms with van der Waals surface area (Å²) < 4.78 is 5.90. The molecule has 98 valence electrons. The lowest BCUT2D eigenvalue weighted by Crippen LogP contribution is -2.43. The van der Waals surface area contributed by atoms with Crippen molar-refractivity contribution in [1.29, 1.82) is 0 Å². The van der Waals surface area contributed by atoms with Crippen LogP contribution in [-0.2, 0) is 4.74 Å². The molecule has 17 heavy (non-hydrogen) atoms. The molecule has 2 rings (SSSR count). The van der Waals surface area contributed by atoms with Crippen LogP contribution in [-0.4, -0.2) is 53.7 Å². The molecule has 2 heterocycles. The number of hydrogen-bond donors (Lipinski definition) is 1. The summed E-state index contributed by atoms with van der Waals surface area (Å²) in [5.74, 6) is 3.01. The van der Waals surface area contributed by atoms with Crippen LogP contribution < -0.4 is 5.73 Å². The largest absolute Gasteiger partial charge is 0.370 e. The summed E-state index contributed by atoms with van der Waals surface area (Å²) in [5, 5.41) is 0. The number of nitrogens with two attached hydrogens (primary N) is 1. The van der Waals surface area contributed by atoms with Gasteiger partial charge in [0.2, 0.25) is 0 Å². The van der Waals surface area contributed by atoms with Gasteiger partial charge in [-0.15, -0.1) is 0 Å². The van der Waals surface area contributed by atoms with E-state index in [2.05, 4.69) is 23.7 Å². The van der Waals surface area contributed by atoms with Gasteiger partial charge in [-0.05, 0) is 26.7 Å². The van der Waals surface area contributed by atoms with Gasteiger partial charge in [-0.1, -0.05) is 0 Å². The summed E-state index contributed by atoms with van der Waals surface area (Å²) in [7, 11) is 0. The summed E-state index contributed by atoms with van der Waals surface area (Å²) in [4.78, 5) is 6.66. The first-order valence-corrected chi connectivity index (χ1v) is 7.53. The van der Waals surface area contributed by atoms with Gasteiger partial charge < -0.3 is 15.4 Å². The predicted octanol–water partition coefficient (Wildman–Crippen LogP) is 1.31. The Hall–Kier alpha value is -0.420. The van der Waals surface area contributed by atoms with Crippen LogP contribution in [0.25, 0.3) is 0 Å². The van der Waals surface area contributed by atoms with E-state index in [9.17, 15) is 0 Å². The summed E-state index contributed by atoms with van der Waals surface area (Å²) in [6.45, 7) is 7.04. The second-order valence-corrected chi connectivity index (χ2v) is 6.56. The van der Waals surface area contributed by atoms with Crippen molar-refractivity contribution in [1.82, 2.24) is 4.90 Å². The molecule has 2 aliphatic heterocycles. The molecule has 0 radical (unpaired) electrons. The van der Waals surface area contributed by atoms with Crippen LogP contribution in [0.1, 0.15) is 26.7 Å². The van der Waals surface area contributed by atoms with E-state index in [1.807, 2.05) is 11.8 Å². The lowest BCUT2D eigenvalue weighted by molar-refractivity contribution is -0.0107. The number of thioether (sulfide) groups is 1. The highest BCUT2D eigenvalue weighted by Gasteiger charge is 2.31. The van der Waals surface area contributed by atoms with Crippen LogP contribution in [0.4, 0.5) is 0 Å². The summed E-state index contributed by atoms with van der Waals surface area (Å²) in [5.41, 5.74) is 6.03. The van der Waals surface area contributed by atoms with Crippen molar-refractivity contribution in [3.05, 3.63) is 0 Å². The Morgan fingerprint density at radius 2 is 2.18 bits per heavy atom. The first-order valence-electron chi connectivity index (χ1n) is 6.37. The van der Waals surface area contributed by atoms with E-state index in [1.54, 1.807) is 0 Å². The summed E-state index contributed by atoms with van der Waals surface area (Å²) in [6, 6.07) is 0. The molecule has 2 aliphatic rings. The Bertz CT molecular complexity index is 287. The molecule has 0 bridgehead atoms. The van der Waals surface area contributed by atoms with Crippen molar-refractivity contribution in [3.63, 3.8) is 0 Å². The Morgan fingerprint density at radius 3 is 2.76 bits per heavy atom. The minimum atomic E-state index is 0.0245. The van der Waals surface area contributed by atoms with Gasteiger partial charge in [0.1, 0.15) is 0 Å². The zero-order valence-corrected chi connectivity index (χ0v) is 11.6. The molecule has 1 unspecified atom stereocenters. The minimum absolute atomic E-state index is 0.0245. The van der Waals surface area contributed by atoms with Crippen LogP contribution in [0.3, 0.4) is 0 Å². The highest BCUT2D eigenvalue weighted by Crippen LogP contribution is 2.29. The van der Waals surface area contributed by atoms with E-state index in [0.29, 0.717) is 12.5 Å². The van der Waals surface area contributed by atoms with Gasteiger partial charge in [0, 0.05) is 24.6 Å². The molecule has 2 fully saturated rings. The Balaban J connectivity index is 1.79. The van der Waals surface area contributed by atoms with Gasteiger partial charge in [-0.3, -0.25) is 4.99 Å². The molecule has 2 saturated heterocycles. The molecule has 0 amide bonds. The van der Waals surface area contributed by atoms with E-state index in [4.69, 9.17) is 10.5 Å². The standard InChI is InChI=1S/C12H23N3OS/c1-12(2)4-3-10(16-12)9-14-11(13)15-5-7-17-8-6-15/h10H,3-9H2,1-2H3,(H2,13,14). The first-order chi connectivity index (χ1) is 8.07. The molecule has 0 aliphatic carbocycles. The van der Waals surface area contributed by atoms with Gasteiger partial charge in [0.15, 0.2) is 5.96 Å². The zero-order valence-electron chi connectivity index (χ0n) is 10.8. The fourth-order valence-corrected chi connectivity index (χ4v) is 3.20. The monoisotopic (exact) mass is 257 g/mol. The fraction of sp³-hybridized carbons (Fsp3) is 0.917. The van der Waals surface area contributed by atoms with Crippen molar-refractivity contribution in [2.24, 2.45) is 10.7 Å². The zero-order chi connectivity index (χ0) is 12.3. The third-order valence-corrected chi connectivity index (χ3v) is 4.29. The second-order valence-electron chi connectivity index (χ2n) is 5.34. The average Bonchev–Trinajstić information content (AvgIpc) is 2.67. The molecule has 0 aromatic heterocycles. The third-order valence-electron chi connectivity index (χ3n) is 3.35. The second kappa shape index (κ2) is 5.48. The molecule has 4 nitrogen and oxygen atoms in total. The van der Waals surface area contributed by atoms with E-state index in [1.165, 1.54) is 0 Å². The molecule has 1 atom stereocenters. The molecular weight excluding hydrogens is 234 g/mol. The number of rotatable bonds is 2. The molecule has 0 saturated carbocycles. The first kappa shape index (κ1) is 13.0. The molecular formula is C12H23N3OS. The normalized spacial score (nSPS) is 29.6. The van der Waals surface area contributed by atoms with Crippen LogP contribution in [0.15, 0.2) is 4.99 Å². The molecule has 2 N–H and O–H groups in total. The maximum absolute atomic E-state index is 6.01. The van der Waals surface area contributed by atoms with Crippen molar-refractivity contribution in [2.75, 3.05) is 31.1 Å². The van der Waals surface area contributed by atoms with Crippen LogP contribution in [0.5, 0.6) is 0 Å². The van der Waals surface area contributed by atoms with Crippen molar-refractivity contribution in [2.45, 2.75) is 38.4 Å². The van der Waals surface area contributed by atoms with E-state index >= 15 is 0 Å². The SMILES string of the molecule is CC1(C)CCC(CN=C(N)N2CCSCC2)O1. The molecule has 0 aromatic carbocycles. The van der Waals surface area contributed by atoms with Gasteiger partial charge in [0.25, 0.3) is 0 Å². The van der Waals surface area contributed by atoms with Crippen molar-refractivity contribution >= 4 is 17.7 Å². The topological polar surface area (TPSA) is 50.8 Å². The van der Waals surface area contributed by atoms with Crippen molar-refractivity contribution in [3.8, 4) is 0 Å². The number of aliphatic imine (C=N–C) groups is 1. The highest BCUT2D eigenvalue weighted by atomic mass is 32.2. The highest BCUT2D eigenvalue weighted by molar-refractivity contribution is 7.99. The maximum atomic E-state index is 6.01. The lowest BCUT2D eigenvalue weighted by Gasteiger charge is -2.27. The van der Waals surface area contributed by atoms with Crippen LogP contribution in [0, 0.1) is 0 Å². The number of ether oxygens (including phenoxy) is 1. The molecule has 0 spiro atoms. The van der Waals surface area contributed by atoms with Gasteiger partial charge in [-0.2, -0.15) is 11.8 Å². The van der Waals surface area contributed by atoms with Crippen LogP contribution >= 0.6 is 11.8 Å². The van der Waals surface area contributed by atoms with E-state index in [-0.39, 0.29) is 11.7 Å². The summed E-state index contributed by atoms with van der Waals surface area (Å²) in [6.07, 6.45) is 2.47. The minimum Gasteiger partial charge on any atom is -0.370 e. The predicted molar refractivity (Wildman–Crippen MR) is 73.6 cm³/mol. The summed E-state index contributed by atoms with van der Waals surface area (Å²) >= 11 is 1.98. The van der Waals surface area contributed by atoms with Gasteiger partial charge in [0.05, 0.1) is 18.2 Å². The average molecular weight is 257 g/mol. The maximum Gasteiger partial charge on any atom is 0.191 e. The fourth-order valence-electron chi connectivity index (χ4n) is 2.29. The Kier molecular flexibility index (Phi) is 4.20. The van der Waals surface area contributed by atoms with Gasteiger partial charge in [-0.25, -0.2) is 0 Å². The number of hydrogen-bond acceptors (Lipinski definition) is 3. The smallest absolute Gasteiger partial charge is 0.191 e. The lowest BCUT2D eigenvalue weighted by atomic mass is 10.1. The molecule has 0 aromatic rings. The molecule has 5 heteroatoms. The Morgan fingerprint density at radius 1 is 1.47 bits per heavy atom. The van der Waals surface area contributed by atoms with E-state index < -0.39 is 0 Å². The van der Waals surface area contributed by atoms with Crippen molar-refractivity contribution < 1.29 is 4.74 Å². The van der Waals surface area contributed by atoms with Gasteiger partial charge >= 0.3 is 0 Å². The quantitative estimate of drug-likeness (QED) is 0.598. The third kappa shape index (κ3) is 3.78. The van der Waals surface area contributed by atoms with Crippen LogP contribution in [0.2, 0.25) is 0 Å². The number of nitrogens with zero attached hydrogens (tertiary/aromatic N) is 2.